The van der Waals surface area contributed by atoms with Gasteiger partial charge in [0.05, 0.1) is 54.7 Å². The number of aromatic hydroxyl groups is 2. The van der Waals surface area contributed by atoms with Crippen LogP contribution in [0.3, 0.4) is 0 Å². The summed E-state index contributed by atoms with van der Waals surface area (Å²) in [5.74, 6) is -3.76. The van der Waals surface area contributed by atoms with Crippen LogP contribution in [0.25, 0.3) is 0 Å². The Labute approximate surface area is 315 Å². The number of hydrogen-bond donors (Lipinski definition) is 4. The van der Waals surface area contributed by atoms with Crippen LogP contribution in [-0.2, 0) is 39.7 Å². The maximum absolute atomic E-state index is 14.5. The predicted molar refractivity (Wildman–Crippen MR) is 184 cm³/mol. The van der Waals surface area contributed by atoms with Crippen LogP contribution in [0.15, 0.2) is 18.2 Å². The third-order valence-electron chi connectivity index (χ3n) is 12.5. The van der Waals surface area contributed by atoms with Gasteiger partial charge in [-0.05, 0) is 19.4 Å². The highest BCUT2D eigenvalue weighted by Crippen LogP contribution is 2.54. The molecule has 17 heteroatoms. The number of carbonyl (C=O) groups excluding carboxylic acids is 4. The van der Waals surface area contributed by atoms with E-state index in [2.05, 4.69) is 4.90 Å². The van der Waals surface area contributed by atoms with Gasteiger partial charge in [0.15, 0.2) is 24.6 Å². The van der Waals surface area contributed by atoms with E-state index in [1.54, 1.807) is 7.11 Å². The maximum atomic E-state index is 14.5. The van der Waals surface area contributed by atoms with Crippen molar-refractivity contribution in [2.45, 2.75) is 93.5 Å². The van der Waals surface area contributed by atoms with Gasteiger partial charge in [0.1, 0.15) is 35.6 Å². The lowest BCUT2D eigenvalue weighted by atomic mass is 9.71. The van der Waals surface area contributed by atoms with E-state index in [9.17, 15) is 39.6 Å². The fourth-order valence-electron chi connectivity index (χ4n) is 9.98. The summed E-state index contributed by atoms with van der Waals surface area (Å²) in [6.07, 6.45) is -4.24. The van der Waals surface area contributed by atoms with Crippen LogP contribution in [0.2, 0.25) is 0 Å². The van der Waals surface area contributed by atoms with E-state index in [0.717, 1.165) is 0 Å². The fourth-order valence-corrected chi connectivity index (χ4v) is 9.98. The monoisotopic (exact) mass is 765 g/mol. The Morgan fingerprint density at radius 2 is 1.75 bits per heavy atom. The number of methoxy groups -OCH3 is 2. The van der Waals surface area contributed by atoms with Crippen molar-refractivity contribution >= 4 is 23.4 Å². The highest BCUT2D eigenvalue weighted by Gasteiger charge is 2.58. The smallest absolute Gasteiger partial charge is 0.255 e. The first-order valence-electron chi connectivity index (χ1n) is 18.6. The van der Waals surface area contributed by atoms with Gasteiger partial charge in [0, 0.05) is 68.7 Å². The molecule has 2 bridgehead atoms. The van der Waals surface area contributed by atoms with E-state index in [0.29, 0.717) is 19.6 Å². The average molecular weight is 766 g/mol. The van der Waals surface area contributed by atoms with Crippen molar-refractivity contribution in [3.05, 3.63) is 51.6 Å². The zero-order valence-electron chi connectivity index (χ0n) is 30.5. The van der Waals surface area contributed by atoms with Gasteiger partial charge in [-0.15, -0.1) is 0 Å². The minimum atomic E-state index is -2.21. The summed E-state index contributed by atoms with van der Waals surface area (Å²) in [4.78, 5) is 60.1. The molecule has 0 radical (unpaired) electrons. The number of likely N-dealkylation sites (tertiary alicyclic amines) is 2. The molecule has 9 rings (SSSR count). The molecular formula is C38H43N3O14. The first kappa shape index (κ1) is 36.4. The average Bonchev–Trinajstić information content (AvgIpc) is 3.57. The number of rotatable bonds is 6. The van der Waals surface area contributed by atoms with E-state index >= 15 is 0 Å². The number of phenols is 2. The van der Waals surface area contributed by atoms with Gasteiger partial charge in [-0.25, -0.2) is 0 Å². The third-order valence-corrected chi connectivity index (χ3v) is 12.5. The molecule has 294 valence electrons. The van der Waals surface area contributed by atoms with Crippen LogP contribution in [0, 0.1) is 0 Å². The SMILES string of the molecule is COc1cccc2c1C(=O)c1c(O)c3c(c(O)c1C2=O)C[C@@](O)(C(=O)N1C2CC1CN(C(=O)CO)C2)C[C@@H]3O[C@H]1C[C@H]2[C@H](O[C@@H]3[C@@H](OC)OCCN32)[C@H](C)O1. The summed E-state index contributed by atoms with van der Waals surface area (Å²) >= 11 is 0. The summed E-state index contributed by atoms with van der Waals surface area (Å²) in [7, 11) is 2.89. The normalized spacial score (nSPS) is 34.9. The first-order valence-corrected chi connectivity index (χ1v) is 18.6. The maximum Gasteiger partial charge on any atom is 0.255 e. The van der Waals surface area contributed by atoms with E-state index < -0.39 is 114 Å². The molecule has 7 aliphatic rings. The molecular weight excluding hydrogens is 722 g/mol. The number of piperazine rings is 1. The van der Waals surface area contributed by atoms with Gasteiger partial charge in [0.2, 0.25) is 11.7 Å². The molecule has 2 aliphatic carbocycles. The van der Waals surface area contributed by atoms with Crippen molar-refractivity contribution in [3.8, 4) is 17.2 Å². The number of hydrogen-bond acceptors (Lipinski definition) is 15. The van der Waals surface area contributed by atoms with Crippen molar-refractivity contribution < 1.29 is 68.0 Å². The van der Waals surface area contributed by atoms with Crippen LogP contribution in [-0.4, -0.2) is 160 Å². The Hall–Kier alpha value is -4.20. The van der Waals surface area contributed by atoms with Crippen LogP contribution < -0.4 is 4.74 Å². The number of carbonyl (C=O) groups is 4. The molecule has 2 unspecified atom stereocenters. The number of benzene rings is 2. The fraction of sp³-hybridized carbons (Fsp3) is 0.579. The quantitative estimate of drug-likeness (QED) is 0.242. The zero-order chi connectivity index (χ0) is 38.7. The number of aliphatic hydroxyl groups excluding tert-OH is 1. The molecule has 0 saturated carbocycles. The Balaban J connectivity index is 1.10. The topological polar surface area (TPSA) is 214 Å². The van der Waals surface area contributed by atoms with Crippen LogP contribution >= 0.6 is 0 Å². The molecule has 0 spiro atoms. The Morgan fingerprint density at radius 1 is 1.00 bits per heavy atom. The molecule has 5 saturated heterocycles. The molecule has 2 aromatic carbocycles. The molecule has 55 heavy (non-hydrogen) atoms. The Morgan fingerprint density at radius 3 is 2.45 bits per heavy atom. The van der Waals surface area contributed by atoms with E-state index in [1.165, 1.54) is 35.1 Å². The van der Waals surface area contributed by atoms with Crippen LogP contribution in [0.4, 0.5) is 0 Å². The van der Waals surface area contributed by atoms with Gasteiger partial charge in [-0.1, -0.05) is 12.1 Å². The van der Waals surface area contributed by atoms with Crippen molar-refractivity contribution in [2.24, 2.45) is 0 Å². The molecule has 4 N–H and O–H groups in total. The molecule has 5 fully saturated rings. The van der Waals surface area contributed by atoms with Crippen LogP contribution in [0.5, 0.6) is 17.2 Å². The molecule has 5 aliphatic heterocycles. The molecule has 2 aromatic rings. The van der Waals surface area contributed by atoms with Crippen LogP contribution in [0.1, 0.15) is 75.3 Å². The summed E-state index contributed by atoms with van der Waals surface area (Å²) in [5.41, 5.74) is -3.34. The second kappa shape index (κ2) is 13.2. The van der Waals surface area contributed by atoms with Crippen molar-refractivity contribution in [1.29, 1.82) is 0 Å². The third kappa shape index (κ3) is 5.35. The van der Waals surface area contributed by atoms with E-state index in [4.69, 9.17) is 28.4 Å². The van der Waals surface area contributed by atoms with Gasteiger partial charge >= 0.3 is 0 Å². The summed E-state index contributed by atoms with van der Waals surface area (Å²) < 4.78 is 36.0. The van der Waals surface area contributed by atoms with Gasteiger partial charge in [0.25, 0.3) is 5.91 Å². The van der Waals surface area contributed by atoms with Crippen molar-refractivity contribution in [3.63, 3.8) is 0 Å². The summed E-state index contributed by atoms with van der Waals surface area (Å²) in [6.45, 7) is 2.51. The number of amides is 2. The second-order valence-electron chi connectivity index (χ2n) is 15.4. The number of nitrogens with zero attached hydrogens (tertiary/aromatic N) is 3. The molecule has 0 aromatic heterocycles. The van der Waals surface area contributed by atoms with E-state index in [1.807, 2.05) is 6.92 Å². The second-order valence-corrected chi connectivity index (χ2v) is 15.4. The van der Waals surface area contributed by atoms with Gasteiger partial charge in [-0.3, -0.25) is 24.1 Å². The van der Waals surface area contributed by atoms with Crippen molar-refractivity contribution in [1.82, 2.24) is 14.7 Å². The predicted octanol–water partition coefficient (Wildman–Crippen LogP) is -0.0461. The summed E-state index contributed by atoms with van der Waals surface area (Å²) in [5, 5.41) is 45.9. The number of phenolic OH excluding ortho intramolecular Hbond substituents is 2. The van der Waals surface area contributed by atoms with Gasteiger partial charge < -0.3 is 58.6 Å². The minimum Gasteiger partial charge on any atom is -0.507 e. The lowest BCUT2D eigenvalue weighted by Gasteiger charge is -2.58. The minimum absolute atomic E-state index is 0.0353. The highest BCUT2D eigenvalue weighted by molar-refractivity contribution is 6.31. The molecule has 2 amide bonds. The first-order chi connectivity index (χ1) is 26.4. The Bertz CT molecular complexity index is 1980. The largest absolute Gasteiger partial charge is 0.507 e. The molecule has 10 atom stereocenters. The van der Waals surface area contributed by atoms with E-state index in [-0.39, 0.29) is 59.7 Å². The number of aliphatic hydroxyl groups is 2. The number of morpholine rings is 1. The number of ether oxygens (including phenoxy) is 6. The number of ketones is 2. The highest BCUT2D eigenvalue weighted by atomic mass is 16.7. The summed E-state index contributed by atoms with van der Waals surface area (Å²) in [6, 6.07) is 3.45. The molecule has 17 nitrogen and oxygen atoms in total. The lowest BCUT2D eigenvalue weighted by molar-refractivity contribution is -0.256. The molecule has 5 heterocycles. The Kier molecular flexibility index (Phi) is 8.74. The van der Waals surface area contributed by atoms with Crippen molar-refractivity contribution in [2.75, 3.05) is 47.1 Å². The number of fused-ring (bicyclic) bond motifs is 8. The standard InChI is InChI=1S/C38H43N3O14/c1-16-34-21(40-7-8-52-36(51-3)35(40)55-34)10-25(53-16)54-23-12-38(49,37(48)41-17-9-18(41)14-39(13-17)24(43)15-42)11-20-27(23)33(47)29-28(31(20)45)30(44)19-5-4-6-22(50-2)26(19)32(29)46/h4-6,16-18,21,23,25,34-36,42,45,47,49H,7-15H2,1-3H3/t16-,17?,18?,21-,23-,25-,34+,35+,36-,38-/m0/s1. The lowest BCUT2D eigenvalue weighted by Crippen LogP contribution is -2.74. The van der Waals surface area contributed by atoms with Gasteiger partial charge in [-0.2, -0.15) is 0 Å². The zero-order valence-corrected chi connectivity index (χ0v) is 30.5. The number of piperidine rings is 1.